The van der Waals surface area contributed by atoms with E-state index in [1.807, 2.05) is 0 Å². The number of fused-ring (bicyclic) bond motifs is 1. The van der Waals surface area contributed by atoms with Gasteiger partial charge in [0.25, 0.3) is 0 Å². The molecule has 0 aliphatic carbocycles. The lowest BCUT2D eigenvalue weighted by atomic mass is 10.2. The van der Waals surface area contributed by atoms with E-state index in [1.165, 1.54) is 11.1 Å². The SMILES string of the molecule is CCn1c(=S)[nH]c2cc(C)ccc21. The fraction of sp³-hybridized carbons (Fsp3) is 0.300. The monoisotopic (exact) mass is 192 g/mol. The summed E-state index contributed by atoms with van der Waals surface area (Å²) in [6.07, 6.45) is 0. The van der Waals surface area contributed by atoms with E-state index in [9.17, 15) is 0 Å². The predicted molar refractivity (Wildman–Crippen MR) is 57.5 cm³/mol. The number of hydrogen-bond donors (Lipinski definition) is 1. The molecule has 68 valence electrons. The van der Waals surface area contributed by atoms with E-state index in [-0.39, 0.29) is 0 Å². The molecule has 1 aromatic carbocycles. The van der Waals surface area contributed by atoms with Crippen molar-refractivity contribution in [1.82, 2.24) is 9.55 Å². The molecule has 0 aliphatic rings. The van der Waals surface area contributed by atoms with Gasteiger partial charge in [-0.3, -0.25) is 0 Å². The Kier molecular flexibility index (Phi) is 1.96. The summed E-state index contributed by atoms with van der Waals surface area (Å²) < 4.78 is 2.91. The van der Waals surface area contributed by atoms with Crippen molar-refractivity contribution in [3.63, 3.8) is 0 Å². The first-order chi connectivity index (χ1) is 6.22. The first-order valence-corrected chi connectivity index (χ1v) is 4.82. The number of hydrogen-bond acceptors (Lipinski definition) is 1. The number of aromatic nitrogens is 2. The van der Waals surface area contributed by atoms with Crippen LogP contribution in [0.3, 0.4) is 0 Å². The van der Waals surface area contributed by atoms with Gasteiger partial charge in [0.2, 0.25) is 0 Å². The van der Waals surface area contributed by atoms with Crippen molar-refractivity contribution in [3.05, 3.63) is 28.5 Å². The molecule has 0 saturated heterocycles. The summed E-state index contributed by atoms with van der Waals surface area (Å²) in [4.78, 5) is 3.20. The zero-order valence-corrected chi connectivity index (χ0v) is 8.61. The molecule has 0 bridgehead atoms. The van der Waals surface area contributed by atoms with Gasteiger partial charge in [-0.15, -0.1) is 0 Å². The summed E-state index contributed by atoms with van der Waals surface area (Å²) in [6, 6.07) is 6.34. The first kappa shape index (κ1) is 8.51. The Hall–Kier alpha value is -1.09. The van der Waals surface area contributed by atoms with Gasteiger partial charge in [0.05, 0.1) is 11.0 Å². The number of H-pyrrole nitrogens is 1. The molecule has 1 aromatic heterocycles. The average Bonchev–Trinajstić information content (AvgIpc) is 2.39. The second kappa shape index (κ2) is 3.00. The third-order valence-corrected chi connectivity index (χ3v) is 2.57. The summed E-state index contributed by atoms with van der Waals surface area (Å²) >= 11 is 5.20. The topological polar surface area (TPSA) is 20.7 Å². The van der Waals surface area contributed by atoms with E-state index in [0.29, 0.717) is 0 Å². The second-order valence-electron chi connectivity index (χ2n) is 3.20. The lowest BCUT2D eigenvalue weighted by molar-refractivity contribution is 0.774. The van der Waals surface area contributed by atoms with Crippen LogP contribution < -0.4 is 0 Å². The maximum Gasteiger partial charge on any atom is 0.178 e. The molecule has 0 spiro atoms. The average molecular weight is 192 g/mol. The highest BCUT2D eigenvalue weighted by molar-refractivity contribution is 7.71. The van der Waals surface area contributed by atoms with Gasteiger partial charge in [-0.2, -0.15) is 0 Å². The molecule has 0 aliphatic heterocycles. The van der Waals surface area contributed by atoms with Gasteiger partial charge in [-0.1, -0.05) is 6.07 Å². The fourth-order valence-electron chi connectivity index (χ4n) is 1.59. The Morgan fingerprint density at radius 1 is 1.46 bits per heavy atom. The molecule has 1 heterocycles. The van der Waals surface area contributed by atoms with Crippen molar-refractivity contribution in [2.75, 3.05) is 0 Å². The molecule has 2 nitrogen and oxygen atoms in total. The van der Waals surface area contributed by atoms with Gasteiger partial charge in [0.1, 0.15) is 0 Å². The number of aromatic amines is 1. The van der Waals surface area contributed by atoms with Crippen molar-refractivity contribution in [2.45, 2.75) is 20.4 Å². The Morgan fingerprint density at radius 2 is 2.23 bits per heavy atom. The van der Waals surface area contributed by atoms with Crippen molar-refractivity contribution >= 4 is 23.3 Å². The van der Waals surface area contributed by atoms with Crippen molar-refractivity contribution < 1.29 is 0 Å². The summed E-state index contributed by atoms with van der Waals surface area (Å²) in [5.74, 6) is 0. The van der Waals surface area contributed by atoms with Crippen molar-refractivity contribution in [2.24, 2.45) is 0 Å². The normalized spacial score (nSPS) is 10.9. The quantitative estimate of drug-likeness (QED) is 0.689. The lowest BCUT2D eigenvalue weighted by Gasteiger charge is -1.98. The van der Waals surface area contributed by atoms with Gasteiger partial charge in [0, 0.05) is 6.54 Å². The highest BCUT2D eigenvalue weighted by Crippen LogP contribution is 2.15. The van der Waals surface area contributed by atoms with Crippen LogP contribution in [0.1, 0.15) is 12.5 Å². The maximum absolute atomic E-state index is 5.20. The zero-order valence-electron chi connectivity index (χ0n) is 7.79. The minimum atomic E-state index is 0.808. The predicted octanol–water partition coefficient (Wildman–Crippen LogP) is 3.03. The molecule has 0 amide bonds. The molecular weight excluding hydrogens is 180 g/mol. The lowest BCUT2D eigenvalue weighted by Crippen LogP contribution is -1.92. The summed E-state index contributed by atoms with van der Waals surface area (Å²) in [6.45, 7) is 5.10. The highest BCUT2D eigenvalue weighted by atomic mass is 32.1. The summed E-state index contributed by atoms with van der Waals surface area (Å²) in [7, 11) is 0. The Bertz CT molecular complexity index is 493. The third kappa shape index (κ3) is 1.29. The third-order valence-electron chi connectivity index (χ3n) is 2.25. The fourth-order valence-corrected chi connectivity index (χ4v) is 1.93. The molecule has 1 N–H and O–H groups in total. The van der Waals surface area contributed by atoms with Gasteiger partial charge in [-0.05, 0) is 43.8 Å². The summed E-state index contributed by atoms with van der Waals surface area (Å²) in [5.41, 5.74) is 3.58. The molecule has 3 heteroatoms. The maximum atomic E-state index is 5.20. The van der Waals surface area contributed by atoms with Crippen LogP contribution >= 0.6 is 12.2 Å². The molecule has 0 saturated carbocycles. The van der Waals surface area contributed by atoms with E-state index >= 15 is 0 Å². The van der Waals surface area contributed by atoms with E-state index in [0.717, 1.165) is 16.8 Å². The number of rotatable bonds is 1. The smallest absolute Gasteiger partial charge is 0.178 e. The second-order valence-corrected chi connectivity index (χ2v) is 3.58. The largest absolute Gasteiger partial charge is 0.331 e. The van der Waals surface area contributed by atoms with Crippen molar-refractivity contribution in [3.8, 4) is 0 Å². The van der Waals surface area contributed by atoms with E-state index in [4.69, 9.17) is 12.2 Å². The highest BCUT2D eigenvalue weighted by Gasteiger charge is 2.01. The number of nitrogens with one attached hydrogen (secondary N) is 1. The molecule has 0 atom stereocenters. The number of imidazole rings is 1. The summed E-state index contributed by atoms with van der Waals surface area (Å²) in [5, 5.41) is 0. The Labute approximate surface area is 82.2 Å². The molecule has 13 heavy (non-hydrogen) atoms. The van der Waals surface area contributed by atoms with Crippen LogP contribution in [-0.2, 0) is 6.54 Å². The standard InChI is InChI=1S/C10H12N2S/c1-3-12-9-5-4-7(2)6-8(9)11-10(12)13/h4-6H,3H2,1-2H3,(H,11,13). The molecule has 2 rings (SSSR count). The molecular formula is C10H12N2S. The molecule has 0 unspecified atom stereocenters. The Balaban J connectivity index is 2.87. The molecule has 2 aromatic rings. The van der Waals surface area contributed by atoms with E-state index in [1.54, 1.807) is 0 Å². The number of benzene rings is 1. The van der Waals surface area contributed by atoms with Crippen LogP contribution in [0, 0.1) is 11.7 Å². The van der Waals surface area contributed by atoms with Gasteiger partial charge < -0.3 is 9.55 Å². The number of nitrogens with zero attached hydrogens (tertiary/aromatic N) is 1. The first-order valence-electron chi connectivity index (χ1n) is 4.41. The van der Waals surface area contributed by atoms with E-state index < -0.39 is 0 Å². The van der Waals surface area contributed by atoms with Crippen LogP contribution in [0.2, 0.25) is 0 Å². The van der Waals surface area contributed by atoms with Gasteiger partial charge in [0.15, 0.2) is 4.77 Å². The minimum absolute atomic E-state index is 0.808. The number of aryl methyl sites for hydroxylation is 2. The van der Waals surface area contributed by atoms with Gasteiger partial charge >= 0.3 is 0 Å². The van der Waals surface area contributed by atoms with Crippen LogP contribution in [0.25, 0.3) is 11.0 Å². The van der Waals surface area contributed by atoms with Crippen LogP contribution in [0.15, 0.2) is 18.2 Å². The van der Waals surface area contributed by atoms with Gasteiger partial charge in [-0.25, -0.2) is 0 Å². The molecule has 0 radical (unpaired) electrons. The van der Waals surface area contributed by atoms with Crippen LogP contribution in [0.5, 0.6) is 0 Å². The van der Waals surface area contributed by atoms with Crippen LogP contribution in [0.4, 0.5) is 0 Å². The van der Waals surface area contributed by atoms with E-state index in [2.05, 4.69) is 41.6 Å². The van der Waals surface area contributed by atoms with Crippen molar-refractivity contribution in [1.29, 1.82) is 0 Å². The zero-order chi connectivity index (χ0) is 9.42. The minimum Gasteiger partial charge on any atom is -0.331 e. The molecule has 0 fully saturated rings. The van der Waals surface area contributed by atoms with Crippen LogP contribution in [-0.4, -0.2) is 9.55 Å². The Morgan fingerprint density at radius 3 is 2.92 bits per heavy atom.